The average molecular weight is 501 g/mol. The number of rotatable bonds is 9. The van der Waals surface area contributed by atoms with Crippen molar-refractivity contribution in [3.05, 3.63) is 99.1 Å². The van der Waals surface area contributed by atoms with Crippen LogP contribution >= 0.6 is 22.6 Å². The zero-order valence-electron chi connectivity index (χ0n) is 16.3. The van der Waals surface area contributed by atoms with Crippen LogP contribution in [0.25, 0.3) is 0 Å². The van der Waals surface area contributed by atoms with Crippen LogP contribution in [0.4, 0.5) is 0 Å². The Labute approximate surface area is 185 Å². The van der Waals surface area contributed by atoms with Gasteiger partial charge in [0.25, 0.3) is 0 Å². The summed E-state index contributed by atoms with van der Waals surface area (Å²) in [5.41, 5.74) is 3.05. The van der Waals surface area contributed by atoms with E-state index in [1.54, 1.807) is 7.05 Å². The smallest absolute Gasteiger partial charge is 0.323 e. The number of nitrogens with one attached hydrogen (secondary N) is 1. The molecule has 0 unspecified atom stereocenters. The minimum Gasteiger partial charge on any atom is -0.489 e. The van der Waals surface area contributed by atoms with Crippen LogP contribution in [-0.2, 0) is 29.2 Å². The molecule has 0 aliphatic heterocycles. The van der Waals surface area contributed by atoms with Gasteiger partial charge in [0, 0.05) is 9.99 Å². The minimum absolute atomic E-state index is 0.265. The SMILES string of the molecule is CN[C@@H](Cc1cc(I)ccc1OCc1ccccc1)C(=O)OCc1ccccc1. The summed E-state index contributed by atoms with van der Waals surface area (Å²) >= 11 is 2.27. The summed E-state index contributed by atoms with van der Waals surface area (Å²) in [6.07, 6.45) is 0.491. The maximum absolute atomic E-state index is 12.6. The van der Waals surface area contributed by atoms with Crippen molar-refractivity contribution in [1.82, 2.24) is 5.32 Å². The second kappa shape index (κ2) is 11.0. The molecule has 0 fully saturated rings. The first-order chi connectivity index (χ1) is 14.2. The molecule has 0 aliphatic carbocycles. The maximum Gasteiger partial charge on any atom is 0.323 e. The Balaban J connectivity index is 1.66. The molecule has 3 aromatic carbocycles. The summed E-state index contributed by atoms with van der Waals surface area (Å²) in [6.45, 7) is 0.749. The van der Waals surface area contributed by atoms with E-state index in [1.807, 2.05) is 72.8 Å². The van der Waals surface area contributed by atoms with Crippen LogP contribution in [0.2, 0.25) is 0 Å². The van der Waals surface area contributed by atoms with Gasteiger partial charge in [-0.1, -0.05) is 60.7 Å². The van der Waals surface area contributed by atoms with Crippen LogP contribution in [0.5, 0.6) is 5.75 Å². The molecule has 0 saturated heterocycles. The first-order valence-corrected chi connectivity index (χ1v) is 10.6. The van der Waals surface area contributed by atoms with E-state index in [2.05, 4.69) is 34.0 Å². The molecule has 0 heterocycles. The molecule has 0 saturated carbocycles. The molecule has 0 aliphatic rings. The monoisotopic (exact) mass is 501 g/mol. The van der Waals surface area contributed by atoms with Gasteiger partial charge in [0.05, 0.1) is 0 Å². The number of hydrogen-bond donors (Lipinski definition) is 1. The normalized spacial score (nSPS) is 11.7. The van der Waals surface area contributed by atoms with Gasteiger partial charge in [-0.05, 0) is 64.5 Å². The third kappa shape index (κ3) is 6.58. The van der Waals surface area contributed by atoms with Crippen LogP contribution < -0.4 is 10.1 Å². The maximum atomic E-state index is 12.6. The van der Waals surface area contributed by atoms with Gasteiger partial charge in [-0.3, -0.25) is 4.79 Å². The molecular formula is C24H24INO3. The van der Waals surface area contributed by atoms with Gasteiger partial charge in [-0.15, -0.1) is 0 Å². The Hall–Kier alpha value is -2.38. The van der Waals surface area contributed by atoms with Crippen molar-refractivity contribution in [2.45, 2.75) is 25.7 Å². The van der Waals surface area contributed by atoms with Crippen molar-refractivity contribution in [1.29, 1.82) is 0 Å². The first kappa shape index (κ1) is 21.3. The van der Waals surface area contributed by atoms with Crippen LogP contribution in [-0.4, -0.2) is 19.1 Å². The number of carbonyl (C=O) groups is 1. The molecule has 0 radical (unpaired) electrons. The molecule has 150 valence electrons. The zero-order valence-corrected chi connectivity index (χ0v) is 18.5. The van der Waals surface area contributed by atoms with Crippen LogP contribution in [0.3, 0.4) is 0 Å². The van der Waals surface area contributed by atoms with Crippen molar-refractivity contribution >= 4 is 28.6 Å². The number of likely N-dealkylation sites (N-methyl/N-ethyl adjacent to an activating group) is 1. The van der Waals surface area contributed by atoms with E-state index < -0.39 is 6.04 Å². The molecule has 1 atom stereocenters. The number of ether oxygens (including phenoxy) is 2. The Morgan fingerprint density at radius 1 is 0.931 bits per heavy atom. The number of hydrogen-bond acceptors (Lipinski definition) is 4. The number of carbonyl (C=O) groups excluding carboxylic acids is 1. The topological polar surface area (TPSA) is 47.6 Å². The van der Waals surface area contributed by atoms with Crippen molar-refractivity contribution < 1.29 is 14.3 Å². The summed E-state index contributed by atoms with van der Waals surface area (Å²) in [5, 5.41) is 3.07. The lowest BCUT2D eigenvalue weighted by atomic mass is 10.0. The first-order valence-electron chi connectivity index (χ1n) is 9.48. The molecule has 0 amide bonds. The van der Waals surface area contributed by atoms with Crippen molar-refractivity contribution in [3.8, 4) is 5.75 Å². The second-order valence-corrected chi connectivity index (χ2v) is 7.91. The minimum atomic E-state index is -0.448. The molecule has 0 bridgehead atoms. The fourth-order valence-corrected chi connectivity index (χ4v) is 3.49. The van der Waals surface area contributed by atoms with E-state index in [0.29, 0.717) is 13.0 Å². The van der Waals surface area contributed by atoms with Crippen LogP contribution in [0.1, 0.15) is 16.7 Å². The number of esters is 1. The third-order valence-corrected chi connectivity index (χ3v) is 5.21. The standard InChI is InChI=1S/C24H24INO3/c1-26-22(24(27)29-17-19-10-6-3-7-11-19)15-20-14-21(25)12-13-23(20)28-16-18-8-4-2-5-9-18/h2-14,22,26H,15-17H2,1H3/t22-/m0/s1. The van der Waals surface area contributed by atoms with E-state index >= 15 is 0 Å². The summed E-state index contributed by atoms with van der Waals surface area (Å²) < 4.78 is 12.7. The molecule has 3 aromatic rings. The highest BCUT2D eigenvalue weighted by Gasteiger charge is 2.21. The average Bonchev–Trinajstić information content (AvgIpc) is 2.76. The van der Waals surface area contributed by atoms with Crippen molar-refractivity contribution in [2.75, 3.05) is 7.05 Å². The molecular weight excluding hydrogens is 477 g/mol. The Kier molecular flexibility index (Phi) is 8.07. The van der Waals surface area contributed by atoms with E-state index in [1.165, 1.54) is 0 Å². The molecule has 0 spiro atoms. The second-order valence-electron chi connectivity index (χ2n) is 6.67. The Morgan fingerprint density at radius 2 is 1.55 bits per heavy atom. The fraction of sp³-hybridized carbons (Fsp3) is 0.208. The van der Waals surface area contributed by atoms with E-state index in [9.17, 15) is 4.79 Å². The molecule has 4 nitrogen and oxygen atoms in total. The summed E-state index contributed by atoms with van der Waals surface area (Å²) in [7, 11) is 1.77. The predicted molar refractivity (Wildman–Crippen MR) is 123 cm³/mol. The molecule has 29 heavy (non-hydrogen) atoms. The quantitative estimate of drug-likeness (QED) is 0.340. The van der Waals surface area contributed by atoms with Crippen molar-refractivity contribution in [2.24, 2.45) is 0 Å². The lowest BCUT2D eigenvalue weighted by molar-refractivity contribution is -0.147. The molecule has 0 aromatic heterocycles. The number of benzene rings is 3. The van der Waals surface area contributed by atoms with Crippen LogP contribution in [0.15, 0.2) is 78.9 Å². The van der Waals surface area contributed by atoms with Gasteiger partial charge in [0.15, 0.2) is 0 Å². The van der Waals surface area contributed by atoms with E-state index in [-0.39, 0.29) is 12.6 Å². The van der Waals surface area contributed by atoms with Gasteiger partial charge in [-0.2, -0.15) is 0 Å². The predicted octanol–water partition coefficient (Wildman–Crippen LogP) is 4.74. The van der Waals surface area contributed by atoms with Gasteiger partial charge in [0.1, 0.15) is 25.0 Å². The molecule has 5 heteroatoms. The highest BCUT2D eigenvalue weighted by Crippen LogP contribution is 2.24. The highest BCUT2D eigenvalue weighted by atomic mass is 127. The van der Waals surface area contributed by atoms with E-state index in [4.69, 9.17) is 9.47 Å². The zero-order chi connectivity index (χ0) is 20.5. The number of halogens is 1. The largest absolute Gasteiger partial charge is 0.489 e. The lowest BCUT2D eigenvalue weighted by Gasteiger charge is -2.18. The Morgan fingerprint density at radius 3 is 2.17 bits per heavy atom. The van der Waals surface area contributed by atoms with Gasteiger partial charge in [-0.25, -0.2) is 0 Å². The van der Waals surface area contributed by atoms with Gasteiger partial charge >= 0.3 is 5.97 Å². The van der Waals surface area contributed by atoms with Crippen LogP contribution in [0, 0.1) is 3.57 Å². The van der Waals surface area contributed by atoms with Crippen molar-refractivity contribution in [3.63, 3.8) is 0 Å². The third-order valence-electron chi connectivity index (χ3n) is 4.54. The fourth-order valence-electron chi connectivity index (χ4n) is 2.94. The molecule has 3 rings (SSSR count). The van der Waals surface area contributed by atoms with E-state index in [0.717, 1.165) is 26.0 Å². The molecule has 1 N–H and O–H groups in total. The lowest BCUT2D eigenvalue weighted by Crippen LogP contribution is -2.37. The summed E-state index contributed by atoms with van der Waals surface area (Å²) in [4.78, 5) is 12.6. The van der Waals surface area contributed by atoms with Gasteiger partial charge < -0.3 is 14.8 Å². The summed E-state index contributed by atoms with van der Waals surface area (Å²) in [6, 6.07) is 25.3. The Bertz CT molecular complexity index is 916. The van der Waals surface area contributed by atoms with Gasteiger partial charge in [0.2, 0.25) is 0 Å². The highest BCUT2D eigenvalue weighted by molar-refractivity contribution is 14.1. The summed E-state index contributed by atoms with van der Waals surface area (Å²) in [5.74, 6) is 0.509.